The number of carbonyl (C=O) groups excluding carboxylic acids is 1. The SMILES string of the molecule is COc1nc(OCc2c(-c3c(Cl)cccc3Cl)noc2C(C)C)ccc1NC(=O)c1ccc(C(=O)O)cc1. The van der Waals surface area contributed by atoms with E-state index < -0.39 is 11.9 Å². The fourth-order valence-corrected chi connectivity index (χ4v) is 4.27. The molecule has 2 aromatic carbocycles. The van der Waals surface area contributed by atoms with Crippen molar-refractivity contribution in [3.63, 3.8) is 0 Å². The largest absolute Gasteiger partial charge is 0.479 e. The van der Waals surface area contributed by atoms with E-state index in [-0.39, 0.29) is 35.4 Å². The molecule has 11 heteroatoms. The number of carboxylic acid groups (broad SMARTS) is 1. The molecule has 2 N–H and O–H groups in total. The minimum atomic E-state index is -1.08. The maximum absolute atomic E-state index is 12.6. The van der Waals surface area contributed by atoms with E-state index in [0.29, 0.717) is 38.3 Å². The third-order valence-electron chi connectivity index (χ3n) is 5.58. The quantitative estimate of drug-likeness (QED) is 0.233. The molecule has 0 aliphatic rings. The summed E-state index contributed by atoms with van der Waals surface area (Å²) in [7, 11) is 1.41. The number of nitrogens with zero attached hydrogens (tertiary/aromatic N) is 2. The number of hydrogen-bond acceptors (Lipinski definition) is 7. The van der Waals surface area contributed by atoms with E-state index in [2.05, 4.69) is 15.5 Å². The molecule has 9 nitrogen and oxygen atoms in total. The molecule has 2 heterocycles. The zero-order chi connectivity index (χ0) is 27.4. The minimum absolute atomic E-state index is 0.0146. The Morgan fingerprint density at radius 2 is 1.68 bits per heavy atom. The topological polar surface area (TPSA) is 124 Å². The van der Waals surface area contributed by atoms with E-state index >= 15 is 0 Å². The van der Waals surface area contributed by atoms with Crippen LogP contribution in [0.2, 0.25) is 10.0 Å². The summed E-state index contributed by atoms with van der Waals surface area (Å²) in [6, 6.07) is 13.9. The van der Waals surface area contributed by atoms with Crippen molar-refractivity contribution in [2.45, 2.75) is 26.4 Å². The van der Waals surface area contributed by atoms with Gasteiger partial charge in [-0.05, 0) is 42.5 Å². The number of anilines is 1. The number of aromatic carboxylic acids is 1. The van der Waals surface area contributed by atoms with E-state index in [9.17, 15) is 9.59 Å². The summed E-state index contributed by atoms with van der Waals surface area (Å²) in [6.07, 6.45) is 0. The van der Waals surface area contributed by atoms with Crippen molar-refractivity contribution in [2.75, 3.05) is 12.4 Å². The standard InChI is InChI=1S/C27H23Cl2N3O6/c1-14(2)24-17(23(32-38-24)22-18(28)5-4-6-19(22)29)13-37-21-12-11-20(26(31-21)36-3)30-25(33)15-7-9-16(10-8-15)27(34)35/h4-12,14H,13H2,1-3H3,(H,30,33)(H,34,35). The molecule has 0 bridgehead atoms. The molecule has 0 saturated heterocycles. The molecule has 0 aliphatic carbocycles. The predicted octanol–water partition coefficient (Wildman–Crippen LogP) is 6.70. The van der Waals surface area contributed by atoms with Crippen LogP contribution in [0.15, 0.2) is 59.1 Å². The Labute approximate surface area is 228 Å². The number of carboxylic acids is 1. The van der Waals surface area contributed by atoms with Gasteiger partial charge in [0.15, 0.2) is 0 Å². The van der Waals surface area contributed by atoms with Gasteiger partial charge in [0.2, 0.25) is 11.8 Å². The van der Waals surface area contributed by atoms with Gasteiger partial charge in [0.1, 0.15) is 23.7 Å². The number of aromatic nitrogens is 2. The first kappa shape index (κ1) is 27.0. The van der Waals surface area contributed by atoms with Crippen LogP contribution in [0.25, 0.3) is 11.3 Å². The third kappa shape index (κ3) is 5.74. The second-order valence-electron chi connectivity index (χ2n) is 8.46. The normalized spacial score (nSPS) is 10.9. The van der Waals surface area contributed by atoms with Crippen LogP contribution >= 0.6 is 23.2 Å². The molecule has 0 spiro atoms. The van der Waals surface area contributed by atoms with Crippen molar-refractivity contribution < 1.29 is 28.7 Å². The highest BCUT2D eigenvalue weighted by molar-refractivity contribution is 6.39. The van der Waals surface area contributed by atoms with Crippen LogP contribution in [-0.4, -0.2) is 34.2 Å². The number of ether oxygens (including phenoxy) is 2. The lowest BCUT2D eigenvalue weighted by atomic mass is 10.0. The average molecular weight is 556 g/mol. The number of carbonyl (C=O) groups is 2. The zero-order valence-corrected chi connectivity index (χ0v) is 22.1. The van der Waals surface area contributed by atoms with E-state index in [1.165, 1.54) is 31.4 Å². The van der Waals surface area contributed by atoms with Gasteiger partial charge in [0.05, 0.1) is 28.3 Å². The highest BCUT2D eigenvalue weighted by Gasteiger charge is 2.24. The number of hydrogen-bond donors (Lipinski definition) is 2. The van der Waals surface area contributed by atoms with Gasteiger partial charge in [-0.1, -0.05) is 48.3 Å². The molecule has 4 rings (SSSR count). The van der Waals surface area contributed by atoms with Gasteiger partial charge >= 0.3 is 5.97 Å². The lowest BCUT2D eigenvalue weighted by molar-refractivity contribution is 0.0696. The first-order chi connectivity index (χ1) is 18.2. The van der Waals surface area contributed by atoms with Gasteiger partial charge in [-0.3, -0.25) is 4.79 Å². The molecule has 2 aromatic heterocycles. The Balaban J connectivity index is 1.55. The van der Waals surface area contributed by atoms with Crippen molar-refractivity contribution >= 4 is 40.8 Å². The number of methoxy groups -OCH3 is 1. The first-order valence-electron chi connectivity index (χ1n) is 11.4. The van der Waals surface area contributed by atoms with E-state index in [1.54, 1.807) is 30.3 Å². The Morgan fingerprint density at radius 1 is 1.03 bits per heavy atom. The van der Waals surface area contributed by atoms with Gasteiger partial charge in [-0.15, -0.1) is 0 Å². The summed E-state index contributed by atoms with van der Waals surface area (Å²) < 4.78 is 16.9. The van der Waals surface area contributed by atoms with Crippen molar-refractivity contribution in [3.8, 4) is 23.0 Å². The molecule has 0 fully saturated rings. The van der Waals surface area contributed by atoms with Crippen molar-refractivity contribution in [2.24, 2.45) is 0 Å². The first-order valence-corrected chi connectivity index (χ1v) is 12.2. The van der Waals surface area contributed by atoms with Crippen LogP contribution in [0.3, 0.4) is 0 Å². The fraction of sp³-hybridized carbons (Fsp3) is 0.185. The van der Waals surface area contributed by atoms with Crippen molar-refractivity contribution in [1.29, 1.82) is 0 Å². The molecular weight excluding hydrogens is 533 g/mol. The maximum atomic E-state index is 12.6. The Kier molecular flexibility index (Phi) is 8.19. The van der Waals surface area contributed by atoms with Crippen LogP contribution in [-0.2, 0) is 6.61 Å². The number of halogens is 2. The zero-order valence-electron chi connectivity index (χ0n) is 20.6. The Hall–Kier alpha value is -4.08. The number of pyridine rings is 1. The molecular formula is C27H23Cl2N3O6. The molecule has 0 saturated carbocycles. The lowest BCUT2D eigenvalue weighted by Crippen LogP contribution is -2.13. The van der Waals surface area contributed by atoms with Crippen molar-refractivity contribution in [1.82, 2.24) is 10.1 Å². The molecule has 0 radical (unpaired) electrons. The molecule has 196 valence electrons. The molecule has 1 amide bonds. The smallest absolute Gasteiger partial charge is 0.335 e. The molecule has 38 heavy (non-hydrogen) atoms. The van der Waals surface area contributed by atoms with E-state index in [0.717, 1.165) is 0 Å². The number of amides is 1. The van der Waals surface area contributed by atoms with Crippen LogP contribution < -0.4 is 14.8 Å². The highest BCUT2D eigenvalue weighted by Crippen LogP contribution is 2.39. The second kappa shape index (κ2) is 11.5. The van der Waals surface area contributed by atoms with E-state index in [4.69, 9.17) is 42.3 Å². The minimum Gasteiger partial charge on any atom is -0.479 e. The Bertz CT molecular complexity index is 1460. The fourth-order valence-electron chi connectivity index (χ4n) is 3.70. The van der Waals surface area contributed by atoms with Crippen LogP contribution in [0.1, 0.15) is 51.8 Å². The molecule has 4 aromatic rings. The summed E-state index contributed by atoms with van der Waals surface area (Å²) in [5, 5.41) is 16.8. The van der Waals surface area contributed by atoms with Gasteiger partial charge < -0.3 is 24.4 Å². The summed E-state index contributed by atoms with van der Waals surface area (Å²) in [5.74, 6) is -0.531. The van der Waals surface area contributed by atoms with Gasteiger partial charge in [-0.25, -0.2) is 4.79 Å². The number of nitrogens with one attached hydrogen (secondary N) is 1. The second-order valence-corrected chi connectivity index (χ2v) is 9.27. The third-order valence-corrected chi connectivity index (χ3v) is 6.21. The van der Waals surface area contributed by atoms with Crippen LogP contribution in [0.5, 0.6) is 11.8 Å². The predicted molar refractivity (Wildman–Crippen MR) is 143 cm³/mol. The number of rotatable bonds is 9. The summed E-state index contributed by atoms with van der Waals surface area (Å²) >= 11 is 12.8. The molecule has 0 atom stereocenters. The van der Waals surface area contributed by atoms with E-state index in [1.807, 2.05) is 13.8 Å². The highest BCUT2D eigenvalue weighted by atomic mass is 35.5. The summed E-state index contributed by atoms with van der Waals surface area (Å²) in [4.78, 5) is 28.0. The monoisotopic (exact) mass is 555 g/mol. The van der Waals surface area contributed by atoms with Crippen LogP contribution in [0.4, 0.5) is 5.69 Å². The van der Waals surface area contributed by atoms with Gasteiger partial charge in [-0.2, -0.15) is 4.98 Å². The maximum Gasteiger partial charge on any atom is 0.335 e. The van der Waals surface area contributed by atoms with Gasteiger partial charge in [0.25, 0.3) is 5.91 Å². The average Bonchev–Trinajstić information content (AvgIpc) is 3.31. The number of benzene rings is 2. The summed E-state index contributed by atoms with van der Waals surface area (Å²) in [5.41, 5.74) is 2.37. The Morgan fingerprint density at radius 3 is 2.29 bits per heavy atom. The summed E-state index contributed by atoms with van der Waals surface area (Å²) in [6.45, 7) is 4.00. The van der Waals surface area contributed by atoms with Crippen LogP contribution in [0, 0.1) is 0 Å². The lowest BCUT2D eigenvalue weighted by Gasteiger charge is -2.13. The molecule has 0 unspecified atom stereocenters. The molecule has 0 aliphatic heterocycles. The van der Waals surface area contributed by atoms with Gasteiger partial charge in [0, 0.05) is 23.1 Å². The van der Waals surface area contributed by atoms with Crippen molar-refractivity contribution in [3.05, 3.63) is 87.1 Å².